The number of carbonyl (C=O) groups is 1. The summed E-state index contributed by atoms with van der Waals surface area (Å²) in [5.74, 6) is 0.449. The van der Waals surface area contributed by atoms with Gasteiger partial charge < -0.3 is 4.74 Å². The molecule has 25 heavy (non-hydrogen) atoms. The van der Waals surface area contributed by atoms with E-state index in [0.717, 1.165) is 5.56 Å². The van der Waals surface area contributed by atoms with Gasteiger partial charge >= 0.3 is 0 Å². The SMILES string of the molecule is N#Cc1ccccc1COc1cccc(C(=O)Nc2ncccn2)c1. The molecule has 3 aromatic rings. The number of nitrogens with one attached hydrogen (secondary N) is 1. The van der Waals surface area contributed by atoms with Gasteiger partial charge in [-0.3, -0.25) is 10.1 Å². The Labute approximate surface area is 144 Å². The molecule has 0 bridgehead atoms. The van der Waals surface area contributed by atoms with E-state index in [1.807, 2.05) is 12.1 Å². The van der Waals surface area contributed by atoms with Crippen LogP contribution in [0.1, 0.15) is 21.5 Å². The predicted octanol–water partition coefficient (Wildman–Crippen LogP) is 3.18. The Kier molecular flexibility index (Phi) is 4.98. The maximum Gasteiger partial charge on any atom is 0.258 e. The van der Waals surface area contributed by atoms with Crippen LogP contribution in [0.15, 0.2) is 67.0 Å². The Balaban J connectivity index is 1.69. The van der Waals surface area contributed by atoms with Gasteiger partial charge in [-0.05, 0) is 30.3 Å². The highest BCUT2D eigenvalue weighted by atomic mass is 16.5. The summed E-state index contributed by atoms with van der Waals surface area (Å²) in [6.45, 7) is 0.247. The first-order valence-electron chi connectivity index (χ1n) is 7.55. The first-order valence-corrected chi connectivity index (χ1v) is 7.55. The third-order valence-electron chi connectivity index (χ3n) is 3.42. The minimum atomic E-state index is -0.325. The second kappa shape index (κ2) is 7.70. The van der Waals surface area contributed by atoms with Crippen LogP contribution in [0.4, 0.5) is 5.95 Å². The summed E-state index contributed by atoms with van der Waals surface area (Å²) in [7, 11) is 0. The smallest absolute Gasteiger partial charge is 0.258 e. The lowest BCUT2D eigenvalue weighted by atomic mass is 10.1. The number of hydrogen-bond donors (Lipinski definition) is 1. The molecule has 1 aromatic heterocycles. The molecule has 0 saturated heterocycles. The molecule has 0 aliphatic rings. The average molecular weight is 330 g/mol. The van der Waals surface area contributed by atoms with Gasteiger partial charge in [0.25, 0.3) is 5.91 Å². The van der Waals surface area contributed by atoms with E-state index in [0.29, 0.717) is 16.9 Å². The van der Waals surface area contributed by atoms with E-state index in [1.165, 1.54) is 0 Å². The standard InChI is InChI=1S/C19H14N4O2/c20-12-15-5-1-2-6-16(15)13-25-17-8-3-7-14(11-17)18(24)23-19-21-9-4-10-22-19/h1-11H,13H2,(H,21,22,23,24). The van der Waals surface area contributed by atoms with Gasteiger partial charge in [-0.2, -0.15) is 5.26 Å². The molecule has 0 unspecified atom stereocenters. The molecule has 6 nitrogen and oxygen atoms in total. The van der Waals surface area contributed by atoms with Crippen LogP contribution in [0, 0.1) is 11.3 Å². The van der Waals surface area contributed by atoms with Gasteiger partial charge in [-0.15, -0.1) is 0 Å². The molecule has 122 valence electrons. The Morgan fingerprint density at radius 1 is 1.08 bits per heavy atom. The lowest BCUT2D eigenvalue weighted by Gasteiger charge is -2.09. The molecule has 0 aliphatic carbocycles. The number of carbonyl (C=O) groups excluding carboxylic acids is 1. The van der Waals surface area contributed by atoms with Gasteiger partial charge in [0.05, 0.1) is 11.6 Å². The molecule has 0 saturated carbocycles. The quantitative estimate of drug-likeness (QED) is 0.776. The van der Waals surface area contributed by atoms with Crippen molar-refractivity contribution in [1.82, 2.24) is 9.97 Å². The summed E-state index contributed by atoms with van der Waals surface area (Å²) in [6, 6.07) is 17.8. The number of hydrogen-bond acceptors (Lipinski definition) is 5. The van der Waals surface area contributed by atoms with Crippen molar-refractivity contribution in [3.05, 3.63) is 83.7 Å². The summed E-state index contributed by atoms with van der Waals surface area (Å²) in [4.78, 5) is 20.2. The van der Waals surface area contributed by atoms with Crippen molar-refractivity contribution in [2.45, 2.75) is 6.61 Å². The van der Waals surface area contributed by atoms with Crippen LogP contribution in [0.2, 0.25) is 0 Å². The van der Waals surface area contributed by atoms with E-state index < -0.39 is 0 Å². The predicted molar refractivity (Wildman–Crippen MR) is 91.9 cm³/mol. The van der Waals surface area contributed by atoms with Crippen molar-refractivity contribution in [3.8, 4) is 11.8 Å². The number of ether oxygens (including phenoxy) is 1. The summed E-state index contributed by atoms with van der Waals surface area (Å²) in [5, 5.41) is 11.7. The Hall–Kier alpha value is -3.72. The van der Waals surface area contributed by atoms with Gasteiger partial charge in [0.15, 0.2) is 0 Å². The fourth-order valence-corrected chi connectivity index (χ4v) is 2.18. The summed E-state index contributed by atoms with van der Waals surface area (Å²) in [5.41, 5.74) is 1.79. The normalized spacial score (nSPS) is 9.88. The van der Waals surface area contributed by atoms with Crippen LogP contribution in [0.5, 0.6) is 5.75 Å². The monoisotopic (exact) mass is 330 g/mol. The summed E-state index contributed by atoms with van der Waals surface area (Å²) >= 11 is 0. The van der Waals surface area contributed by atoms with E-state index in [2.05, 4.69) is 21.4 Å². The summed E-state index contributed by atoms with van der Waals surface area (Å²) in [6.07, 6.45) is 3.10. The number of nitriles is 1. The van der Waals surface area contributed by atoms with Gasteiger partial charge in [0.1, 0.15) is 12.4 Å². The molecule has 0 aliphatic heterocycles. The van der Waals surface area contributed by atoms with Crippen LogP contribution in [-0.4, -0.2) is 15.9 Å². The molecule has 1 amide bonds. The number of rotatable bonds is 5. The van der Waals surface area contributed by atoms with Crippen molar-refractivity contribution < 1.29 is 9.53 Å². The fraction of sp³-hybridized carbons (Fsp3) is 0.0526. The largest absolute Gasteiger partial charge is 0.489 e. The number of benzene rings is 2. The van der Waals surface area contributed by atoms with E-state index >= 15 is 0 Å². The molecule has 0 radical (unpaired) electrons. The lowest BCUT2D eigenvalue weighted by Crippen LogP contribution is -2.14. The van der Waals surface area contributed by atoms with Crippen molar-refractivity contribution in [1.29, 1.82) is 5.26 Å². The van der Waals surface area contributed by atoms with E-state index in [-0.39, 0.29) is 18.5 Å². The van der Waals surface area contributed by atoms with Crippen molar-refractivity contribution in [2.75, 3.05) is 5.32 Å². The van der Waals surface area contributed by atoms with Crippen molar-refractivity contribution in [2.24, 2.45) is 0 Å². The maximum absolute atomic E-state index is 12.3. The molecule has 0 atom stereocenters. The van der Waals surface area contributed by atoms with Crippen LogP contribution in [0.3, 0.4) is 0 Å². The minimum Gasteiger partial charge on any atom is -0.489 e. The second-order valence-corrected chi connectivity index (χ2v) is 5.11. The number of aromatic nitrogens is 2. The Bertz CT molecular complexity index is 920. The molecule has 3 rings (SSSR count). The van der Waals surface area contributed by atoms with Gasteiger partial charge in [0.2, 0.25) is 5.95 Å². The zero-order valence-electron chi connectivity index (χ0n) is 13.2. The maximum atomic E-state index is 12.3. The zero-order chi connectivity index (χ0) is 17.5. The Morgan fingerprint density at radius 2 is 1.88 bits per heavy atom. The highest BCUT2D eigenvalue weighted by Gasteiger charge is 2.09. The Morgan fingerprint density at radius 3 is 2.68 bits per heavy atom. The first kappa shape index (κ1) is 16.1. The zero-order valence-corrected chi connectivity index (χ0v) is 13.2. The first-order chi connectivity index (χ1) is 12.3. The van der Waals surface area contributed by atoms with Crippen molar-refractivity contribution in [3.63, 3.8) is 0 Å². The average Bonchev–Trinajstić information content (AvgIpc) is 2.67. The van der Waals surface area contributed by atoms with Crippen LogP contribution < -0.4 is 10.1 Å². The van der Waals surface area contributed by atoms with E-state index in [9.17, 15) is 4.79 Å². The van der Waals surface area contributed by atoms with Gasteiger partial charge in [-0.1, -0.05) is 24.3 Å². The lowest BCUT2D eigenvalue weighted by molar-refractivity contribution is 0.102. The summed E-state index contributed by atoms with van der Waals surface area (Å²) < 4.78 is 5.71. The number of amides is 1. The van der Waals surface area contributed by atoms with Gasteiger partial charge in [-0.25, -0.2) is 9.97 Å². The third kappa shape index (κ3) is 4.18. The van der Waals surface area contributed by atoms with Crippen molar-refractivity contribution >= 4 is 11.9 Å². The van der Waals surface area contributed by atoms with Crippen LogP contribution in [-0.2, 0) is 6.61 Å². The van der Waals surface area contributed by atoms with E-state index in [4.69, 9.17) is 10.00 Å². The highest BCUT2D eigenvalue weighted by molar-refractivity contribution is 6.03. The molecule has 2 aromatic carbocycles. The molecule has 0 spiro atoms. The fourth-order valence-electron chi connectivity index (χ4n) is 2.18. The molecule has 6 heteroatoms. The second-order valence-electron chi connectivity index (χ2n) is 5.11. The molecular formula is C19H14N4O2. The topological polar surface area (TPSA) is 87.9 Å². The number of nitrogens with zero attached hydrogens (tertiary/aromatic N) is 3. The molecule has 1 N–H and O–H groups in total. The highest BCUT2D eigenvalue weighted by Crippen LogP contribution is 2.17. The van der Waals surface area contributed by atoms with Gasteiger partial charge in [0, 0.05) is 23.5 Å². The van der Waals surface area contributed by atoms with Crippen LogP contribution in [0.25, 0.3) is 0 Å². The minimum absolute atomic E-state index is 0.238. The molecule has 0 fully saturated rings. The van der Waals surface area contributed by atoms with Crippen LogP contribution >= 0.6 is 0 Å². The third-order valence-corrected chi connectivity index (χ3v) is 3.42. The molecule has 1 heterocycles. The van der Waals surface area contributed by atoms with E-state index in [1.54, 1.807) is 54.9 Å². The molecular weight excluding hydrogens is 316 g/mol. The number of anilines is 1.